The van der Waals surface area contributed by atoms with Crippen molar-refractivity contribution in [1.29, 1.82) is 0 Å². The van der Waals surface area contributed by atoms with Crippen LogP contribution in [0.4, 0.5) is 0 Å². The van der Waals surface area contributed by atoms with Gasteiger partial charge in [0.05, 0.1) is 15.9 Å². The lowest BCUT2D eigenvalue weighted by atomic mass is 10.1. The number of aromatic nitrogens is 2. The summed E-state index contributed by atoms with van der Waals surface area (Å²) in [5.41, 5.74) is 8.62. The van der Waals surface area contributed by atoms with Gasteiger partial charge in [0, 0.05) is 19.0 Å². The van der Waals surface area contributed by atoms with E-state index in [2.05, 4.69) is 21.0 Å². The maximum Gasteiger partial charge on any atom is 0.231 e. The van der Waals surface area contributed by atoms with Crippen molar-refractivity contribution in [2.24, 2.45) is 12.8 Å². The number of aryl methyl sites for hydroxylation is 1. The molecule has 0 fully saturated rings. The predicted molar refractivity (Wildman–Crippen MR) is 75.2 cm³/mol. The number of benzene rings is 1. The molecule has 0 atom stereocenters. The highest BCUT2D eigenvalue weighted by Gasteiger charge is 2.19. The van der Waals surface area contributed by atoms with Crippen molar-refractivity contribution in [2.45, 2.75) is 6.42 Å². The third-order valence-corrected chi connectivity index (χ3v) is 3.92. The Hall–Kier alpha value is -1.53. The van der Waals surface area contributed by atoms with E-state index in [0.717, 1.165) is 39.3 Å². The van der Waals surface area contributed by atoms with Crippen LogP contribution in [0.2, 0.25) is 0 Å². The van der Waals surface area contributed by atoms with Crippen molar-refractivity contribution >= 4 is 15.9 Å². The Bertz CT molecular complexity index is 625. The highest BCUT2D eigenvalue weighted by Crippen LogP contribution is 2.38. The van der Waals surface area contributed by atoms with Gasteiger partial charge in [-0.2, -0.15) is 5.10 Å². The normalized spacial score (nSPS) is 13.0. The Balaban J connectivity index is 2.07. The van der Waals surface area contributed by atoms with Gasteiger partial charge in [-0.05, 0) is 40.7 Å². The van der Waals surface area contributed by atoms with E-state index in [1.165, 1.54) is 0 Å². The Morgan fingerprint density at radius 3 is 2.95 bits per heavy atom. The Morgan fingerprint density at radius 1 is 1.37 bits per heavy atom. The molecule has 1 aliphatic heterocycles. The van der Waals surface area contributed by atoms with E-state index in [1.807, 2.05) is 29.9 Å². The number of halogens is 1. The van der Waals surface area contributed by atoms with Crippen molar-refractivity contribution in [3.8, 4) is 22.8 Å². The van der Waals surface area contributed by atoms with Crippen LogP contribution in [-0.2, 0) is 13.5 Å². The first-order chi connectivity index (χ1) is 9.20. The summed E-state index contributed by atoms with van der Waals surface area (Å²) >= 11 is 3.61. The molecule has 3 rings (SSSR count). The highest BCUT2D eigenvalue weighted by molar-refractivity contribution is 9.10. The maximum atomic E-state index is 5.59. The van der Waals surface area contributed by atoms with Crippen LogP contribution in [0, 0.1) is 0 Å². The van der Waals surface area contributed by atoms with Crippen LogP contribution in [0.5, 0.6) is 11.5 Å². The third kappa shape index (κ3) is 2.11. The Morgan fingerprint density at radius 2 is 2.16 bits per heavy atom. The molecule has 0 saturated carbocycles. The number of ether oxygens (including phenoxy) is 2. The summed E-state index contributed by atoms with van der Waals surface area (Å²) < 4.78 is 13.6. The quantitative estimate of drug-likeness (QED) is 0.939. The zero-order chi connectivity index (χ0) is 13.4. The van der Waals surface area contributed by atoms with Crippen molar-refractivity contribution in [3.63, 3.8) is 0 Å². The van der Waals surface area contributed by atoms with Gasteiger partial charge in [-0.25, -0.2) is 0 Å². The molecular formula is C13H14BrN3O2. The smallest absolute Gasteiger partial charge is 0.231 e. The van der Waals surface area contributed by atoms with Crippen LogP contribution >= 0.6 is 15.9 Å². The zero-order valence-corrected chi connectivity index (χ0v) is 12.1. The summed E-state index contributed by atoms with van der Waals surface area (Å²) in [4.78, 5) is 0. The molecule has 19 heavy (non-hydrogen) atoms. The van der Waals surface area contributed by atoms with Crippen LogP contribution in [0.3, 0.4) is 0 Å². The number of nitrogens with two attached hydrogens (primary N) is 1. The minimum Gasteiger partial charge on any atom is -0.454 e. The predicted octanol–water partition coefficient (Wildman–Crippen LogP) is 2.08. The van der Waals surface area contributed by atoms with Gasteiger partial charge >= 0.3 is 0 Å². The molecule has 0 saturated heterocycles. The maximum absolute atomic E-state index is 5.59. The second-order valence-electron chi connectivity index (χ2n) is 4.34. The fraction of sp³-hybridized carbons (Fsp3) is 0.308. The Labute approximate surface area is 119 Å². The topological polar surface area (TPSA) is 62.3 Å². The number of rotatable bonds is 3. The largest absolute Gasteiger partial charge is 0.454 e. The van der Waals surface area contributed by atoms with E-state index in [4.69, 9.17) is 15.2 Å². The average Bonchev–Trinajstić information content (AvgIpc) is 2.95. The highest BCUT2D eigenvalue weighted by atomic mass is 79.9. The minimum atomic E-state index is 0.282. The first-order valence-corrected chi connectivity index (χ1v) is 6.81. The molecule has 1 aromatic carbocycles. The van der Waals surface area contributed by atoms with Gasteiger partial charge in [0.2, 0.25) is 6.79 Å². The van der Waals surface area contributed by atoms with Gasteiger partial charge in [0.15, 0.2) is 11.5 Å². The van der Waals surface area contributed by atoms with Gasteiger partial charge in [-0.1, -0.05) is 0 Å². The fourth-order valence-electron chi connectivity index (χ4n) is 2.21. The van der Waals surface area contributed by atoms with E-state index in [9.17, 15) is 0 Å². The fourth-order valence-corrected chi connectivity index (χ4v) is 2.97. The minimum absolute atomic E-state index is 0.282. The standard InChI is InChI=1S/C13H14BrN3O2/c1-17-13(12(14)9(16-17)4-5-15)8-2-3-10-11(6-8)19-7-18-10/h2-3,6H,4-5,7,15H2,1H3. The lowest BCUT2D eigenvalue weighted by Gasteiger charge is -2.04. The van der Waals surface area contributed by atoms with E-state index in [0.29, 0.717) is 6.54 Å². The van der Waals surface area contributed by atoms with E-state index in [1.54, 1.807) is 0 Å². The number of hydrogen-bond donors (Lipinski definition) is 1. The van der Waals surface area contributed by atoms with E-state index in [-0.39, 0.29) is 6.79 Å². The lowest BCUT2D eigenvalue weighted by Crippen LogP contribution is -2.04. The average molecular weight is 324 g/mol. The zero-order valence-electron chi connectivity index (χ0n) is 10.5. The van der Waals surface area contributed by atoms with Gasteiger partial charge < -0.3 is 15.2 Å². The van der Waals surface area contributed by atoms with Crippen LogP contribution in [0.25, 0.3) is 11.3 Å². The molecule has 0 spiro atoms. The molecule has 2 aromatic rings. The molecule has 5 nitrogen and oxygen atoms in total. The molecule has 1 aliphatic rings. The van der Waals surface area contributed by atoms with Crippen molar-refractivity contribution in [3.05, 3.63) is 28.4 Å². The first kappa shape index (κ1) is 12.5. The molecule has 2 N–H and O–H groups in total. The second-order valence-corrected chi connectivity index (χ2v) is 5.13. The summed E-state index contributed by atoms with van der Waals surface area (Å²) in [6.45, 7) is 0.861. The van der Waals surface area contributed by atoms with Gasteiger partial charge in [0.25, 0.3) is 0 Å². The lowest BCUT2D eigenvalue weighted by molar-refractivity contribution is 0.174. The molecule has 2 heterocycles. The molecule has 6 heteroatoms. The second kappa shape index (κ2) is 4.86. The molecule has 0 unspecified atom stereocenters. The number of hydrogen-bond acceptors (Lipinski definition) is 4. The van der Waals surface area contributed by atoms with Gasteiger partial charge in [0.1, 0.15) is 0 Å². The molecule has 0 bridgehead atoms. The van der Waals surface area contributed by atoms with Crippen molar-refractivity contribution in [2.75, 3.05) is 13.3 Å². The van der Waals surface area contributed by atoms with Crippen molar-refractivity contribution < 1.29 is 9.47 Å². The molecule has 0 radical (unpaired) electrons. The number of nitrogens with zero attached hydrogens (tertiary/aromatic N) is 2. The van der Waals surface area contributed by atoms with E-state index < -0.39 is 0 Å². The van der Waals surface area contributed by atoms with Crippen LogP contribution < -0.4 is 15.2 Å². The van der Waals surface area contributed by atoms with Gasteiger partial charge in [-0.15, -0.1) is 0 Å². The van der Waals surface area contributed by atoms with Crippen LogP contribution in [0.1, 0.15) is 5.69 Å². The molecule has 100 valence electrons. The first-order valence-electron chi connectivity index (χ1n) is 6.02. The number of fused-ring (bicyclic) bond motifs is 1. The van der Waals surface area contributed by atoms with E-state index >= 15 is 0 Å². The third-order valence-electron chi connectivity index (χ3n) is 3.08. The SMILES string of the molecule is Cn1nc(CCN)c(Br)c1-c1ccc2c(c1)OCO2. The van der Waals surface area contributed by atoms with Crippen LogP contribution in [-0.4, -0.2) is 23.1 Å². The molecule has 1 aromatic heterocycles. The monoisotopic (exact) mass is 323 g/mol. The van der Waals surface area contributed by atoms with Gasteiger partial charge in [-0.3, -0.25) is 4.68 Å². The van der Waals surface area contributed by atoms with Crippen molar-refractivity contribution in [1.82, 2.24) is 9.78 Å². The summed E-state index contributed by atoms with van der Waals surface area (Å²) in [6, 6.07) is 5.89. The molecule has 0 aliphatic carbocycles. The summed E-state index contributed by atoms with van der Waals surface area (Å²) in [6.07, 6.45) is 0.749. The Kier molecular flexibility index (Phi) is 3.20. The van der Waals surface area contributed by atoms with Crippen LogP contribution in [0.15, 0.2) is 22.7 Å². The molecular weight excluding hydrogens is 310 g/mol. The summed E-state index contributed by atoms with van der Waals surface area (Å²) in [5.74, 6) is 1.55. The molecule has 0 amide bonds. The summed E-state index contributed by atoms with van der Waals surface area (Å²) in [7, 11) is 1.92. The summed E-state index contributed by atoms with van der Waals surface area (Å²) in [5, 5.41) is 4.49.